The number of hydrazine groups is 1. The molecule has 2 aromatic rings. The van der Waals surface area contributed by atoms with Crippen LogP contribution in [0.1, 0.15) is 35.7 Å². The fourth-order valence-corrected chi connectivity index (χ4v) is 4.56. The number of ether oxygens (including phenoxy) is 1. The molecule has 1 amide bonds. The summed E-state index contributed by atoms with van der Waals surface area (Å²) in [5, 5.41) is 10.5. The normalized spacial score (nSPS) is 25.9. The third-order valence-electron chi connectivity index (χ3n) is 5.79. The van der Waals surface area contributed by atoms with Crippen molar-refractivity contribution in [3.05, 3.63) is 71.8 Å². The lowest BCUT2D eigenvalue weighted by atomic mass is 9.83. The average Bonchev–Trinajstić information content (AvgIpc) is 3.25. The number of fused-ring (bicyclic) bond motifs is 1. The molecule has 4 rings (SSSR count). The van der Waals surface area contributed by atoms with Gasteiger partial charge < -0.3 is 14.7 Å². The van der Waals surface area contributed by atoms with Gasteiger partial charge in [0.05, 0.1) is 18.7 Å². The van der Waals surface area contributed by atoms with Gasteiger partial charge in [-0.1, -0.05) is 35.9 Å². The van der Waals surface area contributed by atoms with Gasteiger partial charge in [0.15, 0.2) is 0 Å². The number of phenolic OH excluding ortho intramolecular Hbond substituents is 1. The van der Waals surface area contributed by atoms with Crippen LogP contribution in [-0.4, -0.2) is 35.1 Å². The summed E-state index contributed by atoms with van der Waals surface area (Å²) in [6.07, 6.45) is 1.76. The Morgan fingerprint density at radius 2 is 1.90 bits per heavy atom. The SMILES string of the molecule is C=CCN1C(=O)C2NNC(c3cc(C)ccc3O)C2C1c1ccc(OCC)cc1. The number of carbonyl (C=O) groups is 1. The highest BCUT2D eigenvalue weighted by Gasteiger charge is 2.55. The van der Waals surface area contributed by atoms with Gasteiger partial charge in [-0.25, -0.2) is 10.9 Å². The van der Waals surface area contributed by atoms with Gasteiger partial charge in [-0.2, -0.15) is 0 Å². The summed E-state index contributed by atoms with van der Waals surface area (Å²) in [5.41, 5.74) is 9.34. The van der Waals surface area contributed by atoms with Crippen LogP contribution in [0.15, 0.2) is 55.1 Å². The maximum Gasteiger partial charge on any atom is 0.242 e. The van der Waals surface area contributed by atoms with E-state index in [0.717, 1.165) is 22.4 Å². The minimum absolute atomic E-state index is 0.0379. The summed E-state index contributed by atoms with van der Waals surface area (Å²) < 4.78 is 5.57. The molecule has 4 unspecified atom stereocenters. The number of aryl methyl sites for hydroxylation is 1. The molecule has 2 heterocycles. The highest BCUT2D eigenvalue weighted by molar-refractivity contribution is 5.86. The molecular formula is C23H27N3O3. The highest BCUT2D eigenvalue weighted by atomic mass is 16.5. The van der Waals surface area contributed by atoms with Crippen LogP contribution in [0, 0.1) is 12.8 Å². The molecule has 0 bridgehead atoms. The van der Waals surface area contributed by atoms with Crippen molar-refractivity contribution in [3.63, 3.8) is 0 Å². The monoisotopic (exact) mass is 393 g/mol. The summed E-state index contributed by atoms with van der Waals surface area (Å²) in [4.78, 5) is 15.0. The molecule has 2 aliphatic rings. The molecule has 2 fully saturated rings. The van der Waals surface area contributed by atoms with Gasteiger partial charge >= 0.3 is 0 Å². The van der Waals surface area contributed by atoms with E-state index in [9.17, 15) is 9.90 Å². The van der Waals surface area contributed by atoms with Gasteiger partial charge in [0.25, 0.3) is 0 Å². The van der Waals surface area contributed by atoms with Crippen molar-refractivity contribution in [1.29, 1.82) is 0 Å². The van der Waals surface area contributed by atoms with Crippen LogP contribution in [0.3, 0.4) is 0 Å². The second kappa shape index (κ2) is 7.89. The summed E-state index contributed by atoms with van der Waals surface area (Å²) in [7, 11) is 0. The predicted molar refractivity (Wildman–Crippen MR) is 111 cm³/mol. The second-order valence-corrected chi connectivity index (χ2v) is 7.61. The van der Waals surface area contributed by atoms with Gasteiger partial charge in [0, 0.05) is 18.0 Å². The van der Waals surface area contributed by atoms with Crippen LogP contribution in [0.25, 0.3) is 0 Å². The molecule has 2 aromatic carbocycles. The summed E-state index contributed by atoms with van der Waals surface area (Å²) in [5.74, 6) is 1.00. The first-order valence-corrected chi connectivity index (χ1v) is 9.99. The lowest BCUT2D eigenvalue weighted by Gasteiger charge is -2.31. The van der Waals surface area contributed by atoms with E-state index in [4.69, 9.17) is 4.74 Å². The average molecular weight is 393 g/mol. The molecule has 6 nitrogen and oxygen atoms in total. The zero-order valence-electron chi connectivity index (χ0n) is 16.8. The summed E-state index contributed by atoms with van der Waals surface area (Å²) >= 11 is 0. The first-order chi connectivity index (χ1) is 14.0. The third kappa shape index (κ3) is 3.39. The van der Waals surface area contributed by atoms with Crippen molar-refractivity contribution in [2.75, 3.05) is 13.2 Å². The van der Waals surface area contributed by atoms with Crippen molar-refractivity contribution in [2.24, 2.45) is 5.92 Å². The number of hydrogen-bond acceptors (Lipinski definition) is 5. The predicted octanol–water partition coefficient (Wildman–Crippen LogP) is 3.00. The van der Waals surface area contributed by atoms with Crippen molar-refractivity contribution in [1.82, 2.24) is 15.8 Å². The lowest BCUT2D eigenvalue weighted by Crippen LogP contribution is -2.41. The molecule has 152 valence electrons. The van der Waals surface area contributed by atoms with Crippen molar-refractivity contribution < 1.29 is 14.6 Å². The zero-order chi connectivity index (χ0) is 20.5. The van der Waals surface area contributed by atoms with E-state index in [2.05, 4.69) is 17.4 Å². The van der Waals surface area contributed by atoms with Gasteiger partial charge in [-0.05, 0) is 37.6 Å². The Labute approximate surface area is 171 Å². The van der Waals surface area contributed by atoms with E-state index >= 15 is 0 Å². The number of nitrogens with one attached hydrogen (secondary N) is 2. The Balaban J connectivity index is 1.76. The molecule has 29 heavy (non-hydrogen) atoms. The molecule has 6 heteroatoms. The number of benzene rings is 2. The molecule has 0 saturated carbocycles. The number of phenols is 1. The Kier molecular flexibility index (Phi) is 5.30. The number of amides is 1. The number of carbonyl (C=O) groups excluding carboxylic acids is 1. The number of rotatable bonds is 6. The van der Waals surface area contributed by atoms with Crippen LogP contribution in [0.4, 0.5) is 0 Å². The standard InChI is InChI=1S/C23H27N3O3/c1-4-12-26-22(15-7-9-16(10-8-15)29-5-2)19-20(24-25-21(19)23(26)28)17-13-14(3)6-11-18(17)27/h4,6-11,13,19-22,24-25,27H,1,5,12H2,2-3H3. The van der Waals surface area contributed by atoms with E-state index < -0.39 is 0 Å². The number of hydrogen-bond donors (Lipinski definition) is 3. The largest absolute Gasteiger partial charge is 0.508 e. The van der Waals surface area contributed by atoms with Gasteiger partial charge in [0.1, 0.15) is 17.5 Å². The molecule has 4 atom stereocenters. The van der Waals surface area contributed by atoms with Crippen molar-refractivity contribution >= 4 is 5.91 Å². The number of aromatic hydroxyl groups is 1. The lowest BCUT2D eigenvalue weighted by molar-refractivity contribution is -0.130. The molecule has 0 radical (unpaired) electrons. The maximum absolute atomic E-state index is 13.1. The molecule has 2 saturated heterocycles. The number of nitrogens with zero attached hydrogens (tertiary/aromatic N) is 1. The Bertz CT molecular complexity index is 912. The Morgan fingerprint density at radius 3 is 2.59 bits per heavy atom. The van der Waals surface area contributed by atoms with E-state index in [1.165, 1.54) is 0 Å². The fourth-order valence-electron chi connectivity index (χ4n) is 4.56. The second-order valence-electron chi connectivity index (χ2n) is 7.61. The van der Waals surface area contributed by atoms with E-state index in [1.54, 1.807) is 12.1 Å². The van der Waals surface area contributed by atoms with Crippen LogP contribution in [0.5, 0.6) is 11.5 Å². The van der Waals surface area contributed by atoms with E-state index in [1.807, 2.05) is 55.1 Å². The molecule has 0 aromatic heterocycles. The van der Waals surface area contributed by atoms with Gasteiger partial charge in [-0.15, -0.1) is 6.58 Å². The molecule has 2 aliphatic heterocycles. The van der Waals surface area contributed by atoms with Crippen LogP contribution in [0.2, 0.25) is 0 Å². The van der Waals surface area contributed by atoms with E-state index in [-0.39, 0.29) is 35.7 Å². The zero-order valence-corrected chi connectivity index (χ0v) is 16.8. The van der Waals surface area contributed by atoms with Gasteiger partial charge in [0.2, 0.25) is 5.91 Å². The number of likely N-dealkylation sites (tertiary alicyclic amines) is 1. The molecular weight excluding hydrogens is 366 g/mol. The Morgan fingerprint density at radius 1 is 1.17 bits per heavy atom. The first kappa shape index (κ1) is 19.5. The first-order valence-electron chi connectivity index (χ1n) is 9.99. The summed E-state index contributed by atoms with van der Waals surface area (Å²) in [6.45, 7) is 8.86. The maximum atomic E-state index is 13.1. The topological polar surface area (TPSA) is 73.8 Å². The minimum atomic E-state index is -0.364. The van der Waals surface area contributed by atoms with Crippen molar-refractivity contribution in [3.8, 4) is 11.5 Å². The molecule has 0 aliphatic carbocycles. The third-order valence-corrected chi connectivity index (χ3v) is 5.79. The van der Waals surface area contributed by atoms with E-state index in [0.29, 0.717) is 13.2 Å². The quantitative estimate of drug-likeness (QED) is 0.658. The minimum Gasteiger partial charge on any atom is -0.508 e. The van der Waals surface area contributed by atoms with Crippen LogP contribution >= 0.6 is 0 Å². The molecule has 0 spiro atoms. The highest BCUT2D eigenvalue weighted by Crippen LogP contribution is 2.48. The Hall–Kier alpha value is -2.83. The fraction of sp³-hybridized carbons (Fsp3) is 0.348. The summed E-state index contributed by atoms with van der Waals surface area (Å²) in [6, 6.07) is 12.8. The molecule has 3 N–H and O–H groups in total. The van der Waals surface area contributed by atoms with Gasteiger partial charge in [-0.3, -0.25) is 4.79 Å². The van der Waals surface area contributed by atoms with Crippen LogP contribution in [-0.2, 0) is 4.79 Å². The van der Waals surface area contributed by atoms with Crippen LogP contribution < -0.4 is 15.6 Å². The smallest absolute Gasteiger partial charge is 0.242 e. The van der Waals surface area contributed by atoms with Crippen molar-refractivity contribution in [2.45, 2.75) is 32.0 Å².